The van der Waals surface area contributed by atoms with Gasteiger partial charge in [0.1, 0.15) is 11.1 Å². The van der Waals surface area contributed by atoms with Crippen LogP contribution in [0.3, 0.4) is 0 Å². The van der Waals surface area contributed by atoms with Gasteiger partial charge in [0.25, 0.3) is 0 Å². The smallest absolute Gasteiger partial charge is 0.115 e. The first kappa shape index (κ1) is 8.64. The molecule has 0 saturated carbocycles. The molecule has 1 aliphatic heterocycles. The summed E-state index contributed by atoms with van der Waals surface area (Å²) in [5.74, 6) is 0. The first-order chi connectivity index (χ1) is 5.33. The summed E-state index contributed by atoms with van der Waals surface area (Å²) in [6.45, 7) is 4.66. The van der Waals surface area contributed by atoms with Crippen LogP contribution >= 0.6 is 12.2 Å². The molecule has 0 aromatic carbocycles. The number of hydrogen-bond acceptors (Lipinski definition) is 3. The molecule has 1 atom stereocenters. The molecule has 11 heavy (non-hydrogen) atoms. The third-order valence-corrected chi connectivity index (χ3v) is 1.54. The Balaban J connectivity index is 2.08. The van der Waals surface area contributed by atoms with Gasteiger partial charge in [-0.3, -0.25) is 10.3 Å². The van der Waals surface area contributed by atoms with Gasteiger partial charge in [-0.2, -0.15) is 0 Å². The second-order valence-electron chi connectivity index (χ2n) is 2.30. The fourth-order valence-electron chi connectivity index (χ4n) is 0.815. The standard InChI is InChI=1S/C7H11NO2S/c1-2-3-9-5-6-4-7(11)8-10-6/h2,6H,1,3-5H2,(H,8,11). The van der Waals surface area contributed by atoms with Crippen molar-refractivity contribution in [3.63, 3.8) is 0 Å². The Bertz CT molecular complexity index is 161. The summed E-state index contributed by atoms with van der Waals surface area (Å²) in [5.41, 5.74) is 2.62. The highest BCUT2D eigenvalue weighted by molar-refractivity contribution is 7.80. The van der Waals surface area contributed by atoms with Crippen LogP contribution in [0.5, 0.6) is 0 Å². The third kappa shape index (κ3) is 2.96. The SMILES string of the molecule is C=CCOCC1CC(=S)NO1. The molecule has 62 valence electrons. The van der Waals surface area contributed by atoms with E-state index >= 15 is 0 Å². The molecule has 1 unspecified atom stereocenters. The van der Waals surface area contributed by atoms with E-state index in [0.29, 0.717) is 13.2 Å². The number of thiocarbonyl (C=S) groups is 1. The number of hydrogen-bond donors (Lipinski definition) is 1. The lowest BCUT2D eigenvalue weighted by molar-refractivity contribution is -0.0118. The molecule has 1 aliphatic rings. The van der Waals surface area contributed by atoms with Crippen LogP contribution in [-0.2, 0) is 9.57 Å². The maximum Gasteiger partial charge on any atom is 0.115 e. The molecule has 1 fully saturated rings. The molecule has 0 spiro atoms. The van der Waals surface area contributed by atoms with Crippen LogP contribution in [0.25, 0.3) is 0 Å². The molecule has 0 aromatic heterocycles. The molecule has 0 aliphatic carbocycles. The summed E-state index contributed by atoms with van der Waals surface area (Å²) in [6, 6.07) is 0. The minimum absolute atomic E-state index is 0.0717. The third-order valence-electron chi connectivity index (χ3n) is 1.29. The van der Waals surface area contributed by atoms with E-state index in [2.05, 4.69) is 12.1 Å². The van der Waals surface area contributed by atoms with E-state index < -0.39 is 0 Å². The van der Waals surface area contributed by atoms with Gasteiger partial charge >= 0.3 is 0 Å². The van der Waals surface area contributed by atoms with Gasteiger partial charge in [-0.1, -0.05) is 18.3 Å². The van der Waals surface area contributed by atoms with E-state index in [4.69, 9.17) is 21.8 Å². The topological polar surface area (TPSA) is 30.5 Å². The van der Waals surface area contributed by atoms with Gasteiger partial charge < -0.3 is 4.74 Å². The van der Waals surface area contributed by atoms with Crippen molar-refractivity contribution in [3.8, 4) is 0 Å². The zero-order valence-electron chi connectivity index (χ0n) is 6.21. The van der Waals surface area contributed by atoms with Gasteiger partial charge in [-0.25, -0.2) is 0 Å². The van der Waals surface area contributed by atoms with Crippen molar-refractivity contribution in [2.45, 2.75) is 12.5 Å². The monoisotopic (exact) mass is 173 g/mol. The maximum atomic E-state index is 5.17. The average Bonchev–Trinajstić information content (AvgIpc) is 2.37. The largest absolute Gasteiger partial charge is 0.375 e. The summed E-state index contributed by atoms with van der Waals surface area (Å²) < 4.78 is 5.17. The highest BCUT2D eigenvalue weighted by Crippen LogP contribution is 2.05. The maximum absolute atomic E-state index is 5.17. The van der Waals surface area contributed by atoms with Crippen molar-refractivity contribution < 1.29 is 9.57 Å². The number of rotatable bonds is 4. The van der Waals surface area contributed by atoms with E-state index in [1.807, 2.05) is 0 Å². The van der Waals surface area contributed by atoms with Crippen LogP contribution in [0.2, 0.25) is 0 Å². The lowest BCUT2D eigenvalue weighted by Gasteiger charge is -2.05. The van der Waals surface area contributed by atoms with Crippen LogP contribution in [0.4, 0.5) is 0 Å². The Hall–Kier alpha value is -0.450. The van der Waals surface area contributed by atoms with Gasteiger partial charge in [0.05, 0.1) is 13.2 Å². The van der Waals surface area contributed by atoms with Gasteiger partial charge in [0.15, 0.2) is 0 Å². The highest BCUT2D eigenvalue weighted by atomic mass is 32.1. The quantitative estimate of drug-likeness (QED) is 0.387. The molecule has 0 amide bonds. The first-order valence-corrected chi connectivity index (χ1v) is 3.87. The molecule has 0 aromatic rings. The van der Waals surface area contributed by atoms with Crippen LogP contribution in [0.1, 0.15) is 6.42 Å². The van der Waals surface area contributed by atoms with Crippen molar-refractivity contribution in [2.75, 3.05) is 13.2 Å². The van der Waals surface area contributed by atoms with E-state index in [1.54, 1.807) is 6.08 Å². The van der Waals surface area contributed by atoms with Crippen molar-refractivity contribution in [2.24, 2.45) is 0 Å². The summed E-state index contributed by atoms with van der Waals surface area (Å²) in [4.78, 5) is 5.81. The number of nitrogens with one attached hydrogen (secondary N) is 1. The molecule has 3 nitrogen and oxygen atoms in total. The van der Waals surface area contributed by atoms with Gasteiger partial charge in [-0.15, -0.1) is 6.58 Å². The normalized spacial score (nSPS) is 23.3. The Morgan fingerprint density at radius 3 is 3.27 bits per heavy atom. The minimum atomic E-state index is 0.0717. The van der Waals surface area contributed by atoms with Crippen molar-refractivity contribution >= 4 is 17.2 Å². The van der Waals surface area contributed by atoms with Crippen molar-refractivity contribution in [1.82, 2.24) is 5.48 Å². The molecular weight excluding hydrogens is 162 g/mol. The summed E-state index contributed by atoms with van der Waals surface area (Å²) >= 11 is 4.86. The lowest BCUT2D eigenvalue weighted by Crippen LogP contribution is -2.16. The Kier molecular flexibility index (Phi) is 3.48. The first-order valence-electron chi connectivity index (χ1n) is 3.46. The second-order valence-corrected chi connectivity index (χ2v) is 2.79. The lowest BCUT2D eigenvalue weighted by atomic mass is 10.3. The van der Waals surface area contributed by atoms with Crippen LogP contribution in [-0.4, -0.2) is 24.3 Å². The molecular formula is C7H11NO2S. The fraction of sp³-hybridized carbons (Fsp3) is 0.571. The molecule has 1 N–H and O–H groups in total. The second kappa shape index (κ2) is 4.43. The van der Waals surface area contributed by atoms with Gasteiger partial charge in [-0.05, 0) is 0 Å². The fourth-order valence-corrected chi connectivity index (χ4v) is 1.05. The zero-order valence-corrected chi connectivity index (χ0v) is 7.02. The Labute approximate surface area is 71.3 Å². The van der Waals surface area contributed by atoms with E-state index in [9.17, 15) is 0 Å². The Morgan fingerprint density at radius 1 is 1.91 bits per heavy atom. The van der Waals surface area contributed by atoms with Crippen LogP contribution in [0, 0.1) is 0 Å². The minimum Gasteiger partial charge on any atom is -0.375 e. The Morgan fingerprint density at radius 2 is 2.73 bits per heavy atom. The number of ether oxygens (including phenoxy) is 1. The molecule has 1 saturated heterocycles. The number of hydroxylamine groups is 1. The molecule has 4 heteroatoms. The predicted octanol–water partition coefficient (Wildman–Crippen LogP) is 0.810. The highest BCUT2D eigenvalue weighted by Gasteiger charge is 2.19. The molecule has 1 rings (SSSR count). The van der Waals surface area contributed by atoms with Crippen molar-refractivity contribution in [3.05, 3.63) is 12.7 Å². The zero-order chi connectivity index (χ0) is 8.10. The van der Waals surface area contributed by atoms with Gasteiger partial charge in [0.2, 0.25) is 0 Å². The van der Waals surface area contributed by atoms with Crippen LogP contribution in [0.15, 0.2) is 12.7 Å². The summed E-state index contributed by atoms with van der Waals surface area (Å²) in [7, 11) is 0. The van der Waals surface area contributed by atoms with E-state index in [0.717, 1.165) is 11.4 Å². The van der Waals surface area contributed by atoms with E-state index in [1.165, 1.54) is 0 Å². The van der Waals surface area contributed by atoms with Gasteiger partial charge in [0, 0.05) is 6.42 Å². The average molecular weight is 173 g/mol. The molecule has 1 heterocycles. The van der Waals surface area contributed by atoms with E-state index in [-0.39, 0.29) is 6.10 Å². The van der Waals surface area contributed by atoms with Crippen LogP contribution < -0.4 is 5.48 Å². The van der Waals surface area contributed by atoms with Crippen molar-refractivity contribution in [1.29, 1.82) is 0 Å². The molecule has 0 radical (unpaired) electrons. The molecule has 0 bridgehead atoms. The summed E-state index contributed by atoms with van der Waals surface area (Å²) in [5, 5.41) is 0. The summed E-state index contributed by atoms with van der Waals surface area (Å²) in [6.07, 6.45) is 2.54. The predicted molar refractivity (Wildman–Crippen MR) is 46.2 cm³/mol.